The van der Waals surface area contributed by atoms with Crippen molar-refractivity contribution in [1.82, 2.24) is 0 Å². The van der Waals surface area contributed by atoms with Crippen LogP contribution < -0.4 is 5.73 Å². The van der Waals surface area contributed by atoms with Crippen molar-refractivity contribution in [3.8, 4) is 0 Å². The second kappa shape index (κ2) is 4.81. The average molecular weight is 225 g/mol. The van der Waals surface area contributed by atoms with Gasteiger partial charge in [-0.2, -0.15) is 13.2 Å². The van der Waals surface area contributed by atoms with E-state index < -0.39 is 29.2 Å². The molecule has 0 aliphatic rings. The number of rotatable bonds is 3. The highest BCUT2D eigenvalue weighted by Crippen LogP contribution is 2.25. The molecule has 0 aliphatic carbocycles. The molecule has 0 heterocycles. The molecule has 0 spiro atoms. The molecule has 0 atom stereocenters. The molecule has 7 heteroatoms. The summed E-state index contributed by atoms with van der Waals surface area (Å²) in [7, 11) is 0. The molecule has 0 rings (SSSR count). The highest BCUT2D eigenvalue weighted by atomic mass is 19.4. The largest absolute Gasteiger partial charge is 0.462 e. The quantitative estimate of drug-likeness (QED) is 0.335. The maximum atomic E-state index is 12.1. The number of allylic oxidation sites excluding steroid dienone is 1. The SMILES string of the molecule is CCOC(=O)C(C(C)=O)=C(N)C(F)(F)F. The minimum atomic E-state index is -4.92. The summed E-state index contributed by atoms with van der Waals surface area (Å²) in [5, 5.41) is 0. The fraction of sp³-hybridized carbons (Fsp3) is 0.500. The summed E-state index contributed by atoms with van der Waals surface area (Å²) >= 11 is 0. The molecule has 0 aromatic heterocycles. The second-order valence-electron chi connectivity index (χ2n) is 2.56. The van der Waals surface area contributed by atoms with Crippen LogP contribution in [0.1, 0.15) is 13.8 Å². The lowest BCUT2D eigenvalue weighted by atomic mass is 10.1. The van der Waals surface area contributed by atoms with Crippen LogP contribution in [0.3, 0.4) is 0 Å². The summed E-state index contributed by atoms with van der Waals surface area (Å²) in [4.78, 5) is 21.8. The summed E-state index contributed by atoms with van der Waals surface area (Å²) in [5.41, 5.74) is 1.77. The van der Waals surface area contributed by atoms with Crippen LogP contribution in [0.25, 0.3) is 0 Å². The lowest BCUT2D eigenvalue weighted by Gasteiger charge is -2.11. The molecule has 15 heavy (non-hydrogen) atoms. The average Bonchev–Trinajstić information content (AvgIpc) is 2.02. The predicted molar refractivity (Wildman–Crippen MR) is 44.6 cm³/mol. The zero-order valence-corrected chi connectivity index (χ0v) is 8.14. The maximum Gasteiger partial charge on any atom is 0.431 e. The Balaban J connectivity index is 5.31. The second-order valence-corrected chi connectivity index (χ2v) is 2.56. The number of hydrogen-bond acceptors (Lipinski definition) is 4. The van der Waals surface area contributed by atoms with Crippen LogP contribution in [-0.4, -0.2) is 24.5 Å². The first-order chi connectivity index (χ1) is 6.71. The topological polar surface area (TPSA) is 69.4 Å². The molecule has 0 aromatic carbocycles. The van der Waals surface area contributed by atoms with Gasteiger partial charge in [-0.1, -0.05) is 0 Å². The predicted octanol–water partition coefficient (Wildman–Crippen LogP) is 0.914. The first kappa shape index (κ1) is 13.5. The van der Waals surface area contributed by atoms with Crippen molar-refractivity contribution in [1.29, 1.82) is 0 Å². The summed E-state index contributed by atoms with van der Waals surface area (Å²) in [6.45, 7) is 2.07. The van der Waals surface area contributed by atoms with Gasteiger partial charge in [-0.3, -0.25) is 4.79 Å². The zero-order valence-electron chi connectivity index (χ0n) is 8.14. The number of ketones is 1. The van der Waals surface area contributed by atoms with E-state index in [0.29, 0.717) is 0 Å². The molecule has 0 bridgehead atoms. The monoisotopic (exact) mass is 225 g/mol. The van der Waals surface area contributed by atoms with Gasteiger partial charge in [0.2, 0.25) is 0 Å². The molecule has 0 aliphatic heterocycles. The lowest BCUT2D eigenvalue weighted by molar-refractivity contribution is -0.141. The maximum absolute atomic E-state index is 12.1. The van der Waals surface area contributed by atoms with E-state index in [9.17, 15) is 22.8 Å². The zero-order chi connectivity index (χ0) is 12.2. The first-order valence-electron chi connectivity index (χ1n) is 3.96. The van der Waals surface area contributed by atoms with Gasteiger partial charge in [0.25, 0.3) is 0 Å². The van der Waals surface area contributed by atoms with E-state index >= 15 is 0 Å². The van der Waals surface area contributed by atoms with Gasteiger partial charge in [0.1, 0.15) is 11.3 Å². The van der Waals surface area contributed by atoms with Crippen LogP contribution >= 0.6 is 0 Å². The Morgan fingerprint density at radius 2 is 1.80 bits per heavy atom. The molecule has 0 unspecified atom stereocenters. The van der Waals surface area contributed by atoms with Crippen molar-refractivity contribution >= 4 is 11.8 Å². The molecule has 0 radical (unpaired) electrons. The van der Waals surface area contributed by atoms with Crippen LogP contribution in [0, 0.1) is 0 Å². The normalized spacial score (nSPS) is 13.1. The Kier molecular flexibility index (Phi) is 4.32. The number of ether oxygens (including phenoxy) is 1. The molecule has 0 aromatic rings. The molecular formula is C8H10F3NO3. The van der Waals surface area contributed by atoms with Crippen LogP contribution in [0.2, 0.25) is 0 Å². The van der Waals surface area contributed by atoms with E-state index in [0.717, 1.165) is 6.92 Å². The standard InChI is InChI=1S/C8H10F3NO3/c1-3-15-7(14)5(4(2)13)6(12)8(9,10)11/h3,12H2,1-2H3. The van der Waals surface area contributed by atoms with Crippen molar-refractivity contribution in [2.45, 2.75) is 20.0 Å². The number of esters is 1. The molecule has 2 N–H and O–H groups in total. The molecule has 0 amide bonds. The van der Waals surface area contributed by atoms with E-state index in [1.54, 1.807) is 0 Å². The van der Waals surface area contributed by atoms with E-state index in [4.69, 9.17) is 0 Å². The van der Waals surface area contributed by atoms with E-state index in [1.807, 2.05) is 0 Å². The van der Waals surface area contributed by atoms with Gasteiger partial charge in [0, 0.05) is 0 Å². The highest BCUT2D eigenvalue weighted by molar-refractivity contribution is 6.17. The van der Waals surface area contributed by atoms with Crippen molar-refractivity contribution < 1.29 is 27.5 Å². The molecule has 86 valence electrons. The van der Waals surface area contributed by atoms with Crippen LogP contribution in [0.15, 0.2) is 11.3 Å². The Morgan fingerprint density at radius 1 is 1.33 bits per heavy atom. The third-order valence-electron chi connectivity index (χ3n) is 1.41. The number of Topliss-reactive ketones (excluding diaryl/α,β-unsaturated/α-hetero) is 1. The Morgan fingerprint density at radius 3 is 2.07 bits per heavy atom. The molecule has 0 fully saturated rings. The Labute approximate surface area is 83.9 Å². The number of halogens is 3. The minimum absolute atomic E-state index is 0.138. The summed E-state index contributed by atoms with van der Waals surface area (Å²) in [6, 6.07) is 0. The summed E-state index contributed by atoms with van der Waals surface area (Å²) < 4.78 is 40.6. The molecule has 0 saturated carbocycles. The third-order valence-corrected chi connectivity index (χ3v) is 1.41. The van der Waals surface area contributed by atoms with E-state index in [-0.39, 0.29) is 6.61 Å². The van der Waals surface area contributed by atoms with E-state index in [2.05, 4.69) is 10.5 Å². The fourth-order valence-electron chi connectivity index (χ4n) is 0.788. The fourth-order valence-corrected chi connectivity index (χ4v) is 0.788. The van der Waals surface area contributed by atoms with Crippen LogP contribution in [-0.2, 0) is 14.3 Å². The van der Waals surface area contributed by atoms with E-state index in [1.165, 1.54) is 6.92 Å². The van der Waals surface area contributed by atoms with Gasteiger partial charge in [-0.15, -0.1) is 0 Å². The van der Waals surface area contributed by atoms with Gasteiger partial charge in [-0.05, 0) is 13.8 Å². The van der Waals surface area contributed by atoms with Gasteiger partial charge in [0.05, 0.1) is 6.61 Å². The first-order valence-corrected chi connectivity index (χ1v) is 3.96. The van der Waals surface area contributed by atoms with Crippen molar-refractivity contribution in [3.63, 3.8) is 0 Å². The van der Waals surface area contributed by atoms with Crippen molar-refractivity contribution in [2.75, 3.05) is 6.61 Å². The van der Waals surface area contributed by atoms with Crippen molar-refractivity contribution in [2.24, 2.45) is 5.73 Å². The third kappa shape index (κ3) is 3.61. The Hall–Kier alpha value is -1.53. The van der Waals surface area contributed by atoms with Crippen LogP contribution in [0.4, 0.5) is 13.2 Å². The van der Waals surface area contributed by atoms with Crippen LogP contribution in [0.5, 0.6) is 0 Å². The van der Waals surface area contributed by atoms with Gasteiger partial charge in [0.15, 0.2) is 5.78 Å². The van der Waals surface area contributed by atoms with Crippen molar-refractivity contribution in [3.05, 3.63) is 11.3 Å². The minimum Gasteiger partial charge on any atom is -0.462 e. The molecule has 4 nitrogen and oxygen atoms in total. The molecule has 0 saturated heterocycles. The number of carbonyl (C=O) groups excluding carboxylic acids is 2. The van der Waals surface area contributed by atoms with Gasteiger partial charge < -0.3 is 10.5 Å². The number of hydrogen-bond donors (Lipinski definition) is 1. The summed E-state index contributed by atoms with van der Waals surface area (Å²) in [6.07, 6.45) is -4.92. The number of carbonyl (C=O) groups is 2. The van der Waals surface area contributed by atoms with Gasteiger partial charge in [-0.25, -0.2) is 4.79 Å². The Bertz CT molecular complexity index is 307. The summed E-state index contributed by atoms with van der Waals surface area (Å²) in [5.74, 6) is -2.44. The number of alkyl halides is 3. The smallest absolute Gasteiger partial charge is 0.431 e. The molecular weight excluding hydrogens is 215 g/mol. The lowest BCUT2D eigenvalue weighted by Crippen LogP contribution is -2.28. The highest BCUT2D eigenvalue weighted by Gasteiger charge is 2.38. The number of nitrogens with two attached hydrogens (primary N) is 1. The van der Waals surface area contributed by atoms with Gasteiger partial charge >= 0.3 is 12.1 Å².